The third-order valence-corrected chi connectivity index (χ3v) is 4.29. The molecule has 0 bridgehead atoms. The van der Waals surface area contributed by atoms with E-state index in [0.29, 0.717) is 13.2 Å². The SMILES string of the molecule is NS(=O)(=O)c1cc(C(=O)O)ccc1OCCN1CCCC1. The molecule has 0 aromatic heterocycles. The Morgan fingerprint density at radius 1 is 1.33 bits per heavy atom. The van der Waals surface area contributed by atoms with Crippen molar-refractivity contribution in [3.8, 4) is 5.75 Å². The molecule has 7 nitrogen and oxygen atoms in total. The van der Waals surface area contributed by atoms with E-state index in [1.54, 1.807) is 0 Å². The van der Waals surface area contributed by atoms with Crippen molar-refractivity contribution in [1.82, 2.24) is 4.90 Å². The van der Waals surface area contributed by atoms with E-state index in [2.05, 4.69) is 4.90 Å². The predicted molar refractivity (Wildman–Crippen MR) is 75.9 cm³/mol. The molecule has 1 aliphatic rings. The van der Waals surface area contributed by atoms with Crippen molar-refractivity contribution >= 4 is 16.0 Å². The molecular weight excluding hydrogens is 296 g/mol. The molecular formula is C13H18N2O5S. The van der Waals surface area contributed by atoms with Crippen LogP contribution in [0.2, 0.25) is 0 Å². The van der Waals surface area contributed by atoms with Crippen molar-refractivity contribution < 1.29 is 23.1 Å². The number of aromatic carboxylic acids is 1. The van der Waals surface area contributed by atoms with Crippen LogP contribution in [-0.2, 0) is 10.0 Å². The van der Waals surface area contributed by atoms with E-state index in [1.807, 2.05) is 0 Å². The van der Waals surface area contributed by atoms with Crippen molar-refractivity contribution in [1.29, 1.82) is 0 Å². The van der Waals surface area contributed by atoms with E-state index in [-0.39, 0.29) is 16.2 Å². The summed E-state index contributed by atoms with van der Waals surface area (Å²) < 4.78 is 28.6. The number of sulfonamides is 1. The van der Waals surface area contributed by atoms with Gasteiger partial charge >= 0.3 is 5.97 Å². The summed E-state index contributed by atoms with van der Waals surface area (Å²) in [4.78, 5) is 12.8. The fourth-order valence-electron chi connectivity index (χ4n) is 2.27. The maximum absolute atomic E-state index is 11.5. The van der Waals surface area contributed by atoms with Crippen molar-refractivity contribution in [2.45, 2.75) is 17.7 Å². The minimum Gasteiger partial charge on any atom is -0.491 e. The van der Waals surface area contributed by atoms with Crippen LogP contribution in [0, 0.1) is 0 Å². The van der Waals surface area contributed by atoms with Gasteiger partial charge in [-0.3, -0.25) is 4.90 Å². The van der Waals surface area contributed by atoms with Gasteiger partial charge in [0.15, 0.2) is 0 Å². The average molecular weight is 314 g/mol. The van der Waals surface area contributed by atoms with E-state index < -0.39 is 16.0 Å². The first kappa shape index (κ1) is 15.7. The summed E-state index contributed by atoms with van der Waals surface area (Å²) in [6.45, 7) is 3.06. The molecule has 0 aliphatic carbocycles. The molecule has 1 aromatic carbocycles. The molecule has 0 amide bonds. The van der Waals surface area contributed by atoms with Crippen LogP contribution >= 0.6 is 0 Å². The summed E-state index contributed by atoms with van der Waals surface area (Å²) in [6, 6.07) is 3.64. The largest absolute Gasteiger partial charge is 0.491 e. The van der Waals surface area contributed by atoms with E-state index in [1.165, 1.54) is 12.1 Å². The Morgan fingerprint density at radius 3 is 2.57 bits per heavy atom. The first-order valence-electron chi connectivity index (χ1n) is 6.63. The second kappa shape index (κ2) is 6.42. The number of carboxylic acids is 1. The number of primary sulfonamides is 1. The number of rotatable bonds is 6. The molecule has 1 saturated heterocycles. The highest BCUT2D eigenvalue weighted by Gasteiger charge is 2.19. The second-order valence-corrected chi connectivity index (χ2v) is 6.44. The minimum absolute atomic E-state index is 0.0849. The summed E-state index contributed by atoms with van der Waals surface area (Å²) in [6.07, 6.45) is 2.32. The lowest BCUT2D eigenvalue weighted by molar-refractivity contribution is 0.0696. The number of nitrogens with zero attached hydrogens (tertiary/aromatic N) is 1. The lowest BCUT2D eigenvalue weighted by atomic mass is 10.2. The number of carboxylic acid groups (broad SMARTS) is 1. The number of carbonyl (C=O) groups is 1. The van der Waals surface area contributed by atoms with E-state index in [4.69, 9.17) is 15.0 Å². The zero-order chi connectivity index (χ0) is 15.5. The molecule has 2 rings (SSSR count). The molecule has 1 aromatic rings. The summed E-state index contributed by atoms with van der Waals surface area (Å²) in [5.74, 6) is -1.13. The van der Waals surface area contributed by atoms with Crippen LogP contribution in [0.15, 0.2) is 23.1 Å². The molecule has 1 heterocycles. The fraction of sp³-hybridized carbons (Fsp3) is 0.462. The Labute approximate surface area is 123 Å². The van der Waals surface area contributed by atoms with Gasteiger partial charge in [0.2, 0.25) is 10.0 Å². The van der Waals surface area contributed by atoms with Gasteiger partial charge in [0.1, 0.15) is 17.3 Å². The molecule has 1 aliphatic heterocycles. The molecule has 1 fully saturated rings. The Bertz CT molecular complexity index is 623. The van der Waals surface area contributed by atoms with Crippen molar-refractivity contribution in [2.24, 2.45) is 5.14 Å². The molecule has 8 heteroatoms. The Morgan fingerprint density at radius 2 is 2.00 bits per heavy atom. The minimum atomic E-state index is -4.04. The maximum Gasteiger partial charge on any atom is 0.335 e. The molecule has 0 atom stereocenters. The number of benzene rings is 1. The topological polar surface area (TPSA) is 110 Å². The van der Waals surface area contributed by atoms with Crippen LogP contribution in [0.3, 0.4) is 0 Å². The Kier molecular flexibility index (Phi) is 4.81. The number of hydrogen-bond acceptors (Lipinski definition) is 5. The van der Waals surface area contributed by atoms with E-state index in [9.17, 15) is 13.2 Å². The van der Waals surface area contributed by atoms with Crippen LogP contribution in [0.1, 0.15) is 23.2 Å². The summed E-state index contributed by atoms with van der Waals surface area (Å²) in [5, 5.41) is 14.0. The van der Waals surface area contributed by atoms with Crippen LogP contribution in [0.4, 0.5) is 0 Å². The number of ether oxygens (including phenoxy) is 1. The van der Waals surface area contributed by atoms with Gasteiger partial charge in [0, 0.05) is 6.54 Å². The Hall–Kier alpha value is -1.64. The van der Waals surface area contributed by atoms with Gasteiger partial charge in [0.25, 0.3) is 0 Å². The standard InChI is InChI=1S/C13H18N2O5S/c14-21(18,19)12-9-10(13(16)17)3-4-11(12)20-8-7-15-5-1-2-6-15/h3-4,9H,1-2,5-8H2,(H,16,17)(H2,14,18,19). The third kappa shape index (κ3) is 4.16. The van der Waals surface area contributed by atoms with Gasteiger partial charge in [0.05, 0.1) is 5.56 Å². The van der Waals surface area contributed by atoms with Gasteiger partial charge in [-0.15, -0.1) is 0 Å². The fourth-order valence-corrected chi connectivity index (χ4v) is 2.97. The number of likely N-dealkylation sites (tertiary alicyclic amines) is 1. The monoisotopic (exact) mass is 314 g/mol. The predicted octanol–water partition coefficient (Wildman–Crippen LogP) is 0.507. The van der Waals surface area contributed by atoms with Gasteiger partial charge in [-0.25, -0.2) is 18.4 Å². The second-order valence-electron chi connectivity index (χ2n) is 4.91. The highest BCUT2D eigenvalue weighted by Crippen LogP contribution is 2.24. The average Bonchev–Trinajstić information content (AvgIpc) is 2.90. The normalized spacial score (nSPS) is 16.0. The number of nitrogens with two attached hydrogens (primary N) is 1. The van der Waals surface area contributed by atoms with E-state index >= 15 is 0 Å². The molecule has 0 radical (unpaired) electrons. The van der Waals surface area contributed by atoms with Crippen molar-refractivity contribution in [3.63, 3.8) is 0 Å². The lowest BCUT2D eigenvalue weighted by Gasteiger charge is -2.16. The van der Waals surface area contributed by atoms with Crippen LogP contribution < -0.4 is 9.88 Å². The first-order chi connectivity index (χ1) is 9.88. The van der Waals surface area contributed by atoms with Crippen molar-refractivity contribution in [2.75, 3.05) is 26.2 Å². The van der Waals surface area contributed by atoms with Gasteiger partial charge < -0.3 is 9.84 Å². The third-order valence-electron chi connectivity index (χ3n) is 3.36. The maximum atomic E-state index is 11.5. The number of hydrogen-bond donors (Lipinski definition) is 2. The van der Waals surface area contributed by atoms with Gasteiger partial charge in [-0.2, -0.15) is 0 Å². The first-order valence-corrected chi connectivity index (χ1v) is 8.18. The molecule has 3 N–H and O–H groups in total. The smallest absolute Gasteiger partial charge is 0.335 e. The van der Waals surface area contributed by atoms with Gasteiger partial charge in [-0.05, 0) is 44.1 Å². The summed E-state index contributed by atoms with van der Waals surface area (Å²) >= 11 is 0. The lowest BCUT2D eigenvalue weighted by Crippen LogP contribution is -2.25. The van der Waals surface area contributed by atoms with Crippen molar-refractivity contribution in [3.05, 3.63) is 23.8 Å². The zero-order valence-corrected chi connectivity index (χ0v) is 12.3. The van der Waals surface area contributed by atoms with E-state index in [0.717, 1.165) is 32.0 Å². The summed E-state index contributed by atoms with van der Waals surface area (Å²) in [7, 11) is -4.04. The summed E-state index contributed by atoms with van der Waals surface area (Å²) in [5.41, 5.74) is -0.147. The molecule has 0 saturated carbocycles. The molecule has 21 heavy (non-hydrogen) atoms. The molecule has 0 spiro atoms. The van der Waals surface area contributed by atoms with Crippen LogP contribution in [0.5, 0.6) is 5.75 Å². The highest BCUT2D eigenvalue weighted by molar-refractivity contribution is 7.89. The molecule has 0 unspecified atom stereocenters. The van der Waals surface area contributed by atoms with Crippen LogP contribution in [-0.4, -0.2) is 50.6 Å². The quantitative estimate of drug-likeness (QED) is 0.791. The zero-order valence-electron chi connectivity index (χ0n) is 11.5. The Balaban J connectivity index is 2.12. The van der Waals surface area contributed by atoms with Gasteiger partial charge in [-0.1, -0.05) is 0 Å². The van der Waals surface area contributed by atoms with Crippen LogP contribution in [0.25, 0.3) is 0 Å². The molecule has 116 valence electrons. The highest BCUT2D eigenvalue weighted by atomic mass is 32.2.